The predicted molar refractivity (Wildman–Crippen MR) is 137 cm³/mol. The molecular weight excluding hydrogens is 478 g/mol. The van der Waals surface area contributed by atoms with E-state index < -0.39 is 0 Å². The second-order valence-electron chi connectivity index (χ2n) is 9.58. The number of nitrogens with zero attached hydrogens (tertiary/aromatic N) is 3. The van der Waals surface area contributed by atoms with Crippen molar-refractivity contribution in [2.24, 2.45) is 5.92 Å². The number of carbonyl (C=O) groups excluding carboxylic acids is 3. The van der Waals surface area contributed by atoms with Crippen molar-refractivity contribution in [1.82, 2.24) is 14.8 Å². The van der Waals surface area contributed by atoms with Gasteiger partial charge in [0.1, 0.15) is 11.4 Å². The van der Waals surface area contributed by atoms with Gasteiger partial charge >= 0.3 is 5.97 Å². The van der Waals surface area contributed by atoms with Gasteiger partial charge in [-0.15, -0.1) is 11.3 Å². The third-order valence-electron chi connectivity index (χ3n) is 7.18. The Bertz CT molecular complexity index is 1080. The van der Waals surface area contributed by atoms with Gasteiger partial charge in [-0.2, -0.15) is 0 Å². The minimum atomic E-state index is -0.165. The first kappa shape index (κ1) is 26.1. The van der Waals surface area contributed by atoms with Crippen molar-refractivity contribution in [3.05, 3.63) is 45.4 Å². The third kappa shape index (κ3) is 6.24. The number of benzene rings is 1. The molecule has 194 valence electrons. The van der Waals surface area contributed by atoms with Gasteiger partial charge in [0.15, 0.2) is 6.61 Å². The summed E-state index contributed by atoms with van der Waals surface area (Å²) in [5.41, 5.74) is 2.81. The summed E-state index contributed by atoms with van der Waals surface area (Å²) in [6, 6.07) is 5.85. The Morgan fingerprint density at radius 3 is 2.36 bits per heavy atom. The van der Waals surface area contributed by atoms with Gasteiger partial charge in [-0.05, 0) is 69.7 Å². The summed E-state index contributed by atoms with van der Waals surface area (Å²) >= 11 is 1.52. The first-order valence-electron chi connectivity index (χ1n) is 12.7. The zero-order chi connectivity index (χ0) is 25.7. The van der Waals surface area contributed by atoms with Gasteiger partial charge in [-0.25, -0.2) is 4.98 Å². The van der Waals surface area contributed by atoms with Gasteiger partial charge in [0.05, 0.1) is 17.5 Å². The monoisotopic (exact) mass is 513 g/mol. The van der Waals surface area contributed by atoms with Gasteiger partial charge in [0, 0.05) is 37.5 Å². The van der Waals surface area contributed by atoms with Gasteiger partial charge < -0.3 is 19.3 Å². The number of hydrogen-bond donors (Lipinski definition) is 0. The quantitative estimate of drug-likeness (QED) is 0.521. The lowest BCUT2D eigenvalue weighted by molar-refractivity contribution is -0.149. The number of carbonyl (C=O) groups is 3. The highest BCUT2D eigenvalue weighted by Gasteiger charge is 2.31. The van der Waals surface area contributed by atoms with Crippen molar-refractivity contribution in [2.75, 3.05) is 39.4 Å². The molecule has 0 saturated carbocycles. The van der Waals surface area contributed by atoms with Crippen molar-refractivity contribution in [2.45, 2.75) is 52.4 Å². The number of aryl methyl sites for hydroxylation is 2. The van der Waals surface area contributed by atoms with E-state index in [1.165, 1.54) is 16.9 Å². The summed E-state index contributed by atoms with van der Waals surface area (Å²) in [6.45, 7) is 8.70. The average molecular weight is 514 g/mol. The van der Waals surface area contributed by atoms with Gasteiger partial charge in [-0.3, -0.25) is 14.4 Å². The molecule has 0 aliphatic carbocycles. The van der Waals surface area contributed by atoms with Crippen molar-refractivity contribution < 1.29 is 23.9 Å². The van der Waals surface area contributed by atoms with Gasteiger partial charge in [-0.1, -0.05) is 6.07 Å². The van der Waals surface area contributed by atoms with E-state index in [0.29, 0.717) is 57.1 Å². The van der Waals surface area contributed by atoms with Crippen molar-refractivity contribution in [3.8, 4) is 5.75 Å². The van der Waals surface area contributed by atoms with E-state index in [-0.39, 0.29) is 36.2 Å². The highest BCUT2D eigenvalue weighted by Crippen LogP contribution is 2.31. The number of ether oxygens (including phenoxy) is 2. The second kappa shape index (κ2) is 11.9. The standard InChI is InChI=1S/C27H35N3O5S/c1-4-34-27(33)21-9-13-30(14-10-21)26(32)23-17-36-25(28-23)20-7-11-29(12-8-20)24(31)16-35-22-6-5-18(2)19(3)15-22/h5-6,15,17,20-21H,4,7-14,16H2,1-3H3. The molecule has 0 unspecified atom stereocenters. The van der Waals surface area contributed by atoms with Crippen LogP contribution in [0, 0.1) is 19.8 Å². The van der Waals surface area contributed by atoms with Crippen LogP contribution in [-0.2, 0) is 14.3 Å². The summed E-state index contributed by atoms with van der Waals surface area (Å²) < 4.78 is 10.8. The van der Waals surface area contributed by atoms with Crippen LogP contribution in [0.4, 0.5) is 0 Å². The maximum atomic E-state index is 13.0. The van der Waals surface area contributed by atoms with E-state index in [2.05, 4.69) is 4.98 Å². The van der Waals surface area contributed by atoms with Crippen molar-refractivity contribution >= 4 is 29.1 Å². The molecule has 0 N–H and O–H groups in total. The third-order valence-corrected chi connectivity index (χ3v) is 8.19. The van der Waals surface area contributed by atoms with Crippen LogP contribution in [0.15, 0.2) is 23.6 Å². The fourth-order valence-electron chi connectivity index (χ4n) is 4.73. The number of thiazole rings is 1. The smallest absolute Gasteiger partial charge is 0.309 e. The normalized spacial score (nSPS) is 17.2. The van der Waals surface area contributed by atoms with Crippen LogP contribution >= 0.6 is 11.3 Å². The molecule has 2 aromatic rings. The lowest BCUT2D eigenvalue weighted by Gasteiger charge is -2.31. The molecule has 36 heavy (non-hydrogen) atoms. The lowest BCUT2D eigenvalue weighted by atomic mass is 9.96. The van der Waals surface area contributed by atoms with E-state index in [1.54, 1.807) is 11.8 Å². The summed E-state index contributed by atoms with van der Waals surface area (Å²) in [6.07, 6.45) is 2.89. The number of amides is 2. The van der Waals surface area contributed by atoms with E-state index in [1.807, 2.05) is 42.3 Å². The summed E-state index contributed by atoms with van der Waals surface area (Å²) in [5.74, 6) is 0.590. The van der Waals surface area contributed by atoms with Crippen LogP contribution in [0.25, 0.3) is 0 Å². The fourth-order valence-corrected chi connectivity index (χ4v) is 5.69. The number of hydrogen-bond acceptors (Lipinski definition) is 7. The summed E-state index contributed by atoms with van der Waals surface area (Å²) in [5, 5.41) is 2.79. The molecule has 0 bridgehead atoms. The minimum Gasteiger partial charge on any atom is -0.484 e. The molecule has 4 rings (SSSR count). The van der Waals surface area contributed by atoms with E-state index in [0.717, 1.165) is 23.4 Å². The molecule has 9 heteroatoms. The molecule has 2 aliphatic rings. The van der Waals surface area contributed by atoms with Crippen molar-refractivity contribution in [1.29, 1.82) is 0 Å². The molecule has 2 amide bonds. The van der Waals surface area contributed by atoms with Crippen molar-refractivity contribution in [3.63, 3.8) is 0 Å². The first-order chi connectivity index (χ1) is 17.4. The minimum absolute atomic E-state index is 0.00657. The molecule has 0 atom stereocenters. The highest BCUT2D eigenvalue weighted by atomic mass is 32.1. The van der Waals surface area contributed by atoms with Gasteiger partial charge in [0.2, 0.25) is 0 Å². The molecule has 3 heterocycles. The molecule has 1 aromatic heterocycles. The molecule has 1 aromatic carbocycles. The van der Waals surface area contributed by atoms with Crippen LogP contribution < -0.4 is 4.74 Å². The maximum Gasteiger partial charge on any atom is 0.309 e. The number of rotatable bonds is 7. The molecule has 0 radical (unpaired) electrons. The predicted octanol–water partition coefficient (Wildman–Crippen LogP) is 3.96. The SMILES string of the molecule is CCOC(=O)C1CCN(C(=O)c2csc(C3CCN(C(=O)COc4ccc(C)c(C)c4)CC3)n2)CC1. The average Bonchev–Trinajstić information content (AvgIpc) is 3.39. The molecule has 2 fully saturated rings. The number of esters is 1. The zero-order valence-electron chi connectivity index (χ0n) is 21.3. The van der Waals surface area contributed by atoms with Crippen LogP contribution in [0.3, 0.4) is 0 Å². The van der Waals surface area contributed by atoms with Crippen LogP contribution in [0.2, 0.25) is 0 Å². The molecule has 8 nitrogen and oxygen atoms in total. The molecule has 2 saturated heterocycles. The largest absolute Gasteiger partial charge is 0.484 e. The zero-order valence-corrected chi connectivity index (χ0v) is 22.1. The maximum absolute atomic E-state index is 13.0. The molecular formula is C27H35N3O5S. The Labute approximate surface area is 216 Å². The Morgan fingerprint density at radius 2 is 1.69 bits per heavy atom. The fraction of sp³-hybridized carbons (Fsp3) is 0.556. The van der Waals surface area contributed by atoms with E-state index in [4.69, 9.17) is 9.47 Å². The van der Waals surface area contributed by atoms with Crippen LogP contribution in [0.1, 0.15) is 65.1 Å². The Morgan fingerprint density at radius 1 is 1.00 bits per heavy atom. The lowest BCUT2D eigenvalue weighted by Crippen LogP contribution is -2.41. The first-order valence-corrected chi connectivity index (χ1v) is 13.6. The summed E-state index contributed by atoms with van der Waals surface area (Å²) in [4.78, 5) is 45.8. The topological polar surface area (TPSA) is 89.0 Å². The van der Waals surface area contributed by atoms with E-state index in [9.17, 15) is 14.4 Å². The Hall–Kier alpha value is -2.94. The van der Waals surface area contributed by atoms with Gasteiger partial charge in [0.25, 0.3) is 11.8 Å². The Kier molecular flexibility index (Phi) is 8.61. The van der Waals surface area contributed by atoms with Crippen LogP contribution in [-0.4, -0.2) is 72.0 Å². The van der Waals surface area contributed by atoms with Crippen LogP contribution in [0.5, 0.6) is 5.75 Å². The molecule has 0 spiro atoms. The summed E-state index contributed by atoms with van der Waals surface area (Å²) in [7, 11) is 0. The highest BCUT2D eigenvalue weighted by molar-refractivity contribution is 7.09. The number of aromatic nitrogens is 1. The second-order valence-corrected chi connectivity index (χ2v) is 10.5. The van der Waals surface area contributed by atoms with E-state index >= 15 is 0 Å². The Balaban J connectivity index is 1.23. The number of piperidine rings is 2. The number of likely N-dealkylation sites (tertiary alicyclic amines) is 2. The molecule has 2 aliphatic heterocycles.